The van der Waals surface area contributed by atoms with Gasteiger partial charge in [0, 0.05) is 19.2 Å². The Hall–Kier alpha value is -0.710. The summed E-state index contributed by atoms with van der Waals surface area (Å²) in [6.07, 6.45) is 2.29. The topological polar surface area (TPSA) is 58.2 Å². The zero-order chi connectivity index (χ0) is 8.69. The van der Waals surface area contributed by atoms with Gasteiger partial charge in [-0.25, -0.2) is 4.79 Å². The summed E-state index contributed by atoms with van der Waals surface area (Å²) in [5, 5.41) is 4.46. The molecule has 0 bridgehead atoms. The molecule has 0 radical (unpaired) electrons. The van der Waals surface area contributed by atoms with Crippen molar-refractivity contribution in [3.8, 4) is 0 Å². The summed E-state index contributed by atoms with van der Waals surface area (Å²) in [4.78, 5) is 21.3. The highest BCUT2D eigenvalue weighted by Gasteiger charge is 2.03. The molecule has 0 aromatic rings. The maximum atomic E-state index is 10.8. The van der Waals surface area contributed by atoms with E-state index in [9.17, 15) is 9.59 Å². The Morgan fingerprint density at radius 1 is 1.45 bits per heavy atom. The number of hydrogen-bond donors (Lipinski definition) is 2. The van der Waals surface area contributed by atoms with Crippen LogP contribution in [-0.4, -0.2) is 31.0 Å². The number of nitrogens with one attached hydrogen (secondary N) is 2. The first-order valence-electron chi connectivity index (χ1n) is 3.21. The maximum Gasteiger partial charge on any atom is 0.321 e. The van der Waals surface area contributed by atoms with Crippen LogP contribution in [0.3, 0.4) is 0 Å². The van der Waals surface area contributed by atoms with Crippen molar-refractivity contribution in [3.63, 3.8) is 0 Å². The third kappa shape index (κ3) is 5.72. The van der Waals surface area contributed by atoms with E-state index < -0.39 is 6.03 Å². The second kappa shape index (κ2) is 6.03. The normalized spacial score (nSPS) is 8.91. The number of hydrogen-bond acceptors (Lipinski definition) is 3. The van der Waals surface area contributed by atoms with Crippen LogP contribution in [0.25, 0.3) is 0 Å². The highest BCUT2D eigenvalue weighted by molar-refractivity contribution is 7.98. The fourth-order valence-corrected chi connectivity index (χ4v) is 0.836. The Morgan fingerprint density at radius 3 is 2.55 bits per heavy atom. The van der Waals surface area contributed by atoms with Crippen molar-refractivity contribution in [2.24, 2.45) is 0 Å². The molecule has 64 valence electrons. The average molecular weight is 176 g/mol. The molecule has 0 atom stereocenters. The van der Waals surface area contributed by atoms with E-state index in [4.69, 9.17) is 0 Å². The molecule has 0 unspecified atom stereocenters. The van der Waals surface area contributed by atoms with Crippen LogP contribution in [-0.2, 0) is 4.79 Å². The van der Waals surface area contributed by atoms with E-state index in [0.717, 1.165) is 5.75 Å². The minimum Gasteiger partial charge on any atom is -0.341 e. The lowest BCUT2D eigenvalue weighted by Gasteiger charge is -2.00. The van der Waals surface area contributed by atoms with Crippen molar-refractivity contribution in [1.82, 2.24) is 10.6 Å². The van der Waals surface area contributed by atoms with E-state index in [1.807, 2.05) is 6.26 Å². The summed E-state index contributed by atoms with van der Waals surface area (Å²) in [5.41, 5.74) is 0. The molecule has 2 N–H and O–H groups in total. The number of thioether (sulfide) groups is 1. The highest BCUT2D eigenvalue weighted by Crippen LogP contribution is 1.94. The van der Waals surface area contributed by atoms with Crippen molar-refractivity contribution in [3.05, 3.63) is 0 Å². The summed E-state index contributed by atoms with van der Waals surface area (Å²) in [7, 11) is 1.47. The predicted octanol–water partition coefficient (Wildman–Crippen LogP) is 0.195. The van der Waals surface area contributed by atoms with Crippen molar-refractivity contribution in [2.75, 3.05) is 19.1 Å². The Morgan fingerprint density at radius 2 is 2.09 bits per heavy atom. The first-order valence-corrected chi connectivity index (χ1v) is 4.60. The number of carbonyl (C=O) groups excluding carboxylic acids is 2. The zero-order valence-electron chi connectivity index (χ0n) is 6.64. The van der Waals surface area contributed by atoms with Gasteiger partial charge in [-0.15, -0.1) is 0 Å². The zero-order valence-corrected chi connectivity index (χ0v) is 7.46. The molecule has 5 heteroatoms. The number of carbonyl (C=O) groups is 2. The molecule has 0 aromatic carbocycles. The molecular formula is C6H12N2O2S. The quantitative estimate of drug-likeness (QED) is 0.645. The Labute approximate surface area is 70.1 Å². The molecular weight excluding hydrogens is 164 g/mol. The van der Waals surface area contributed by atoms with Gasteiger partial charge in [-0.1, -0.05) is 0 Å². The second-order valence-electron chi connectivity index (χ2n) is 1.87. The smallest absolute Gasteiger partial charge is 0.321 e. The molecule has 11 heavy (non-hydrogen) atoms. The lowest BCUT2D eigenvalue weighted by Crippen LogP contribution is -2.37. The van der Waals surface area contributed by atoms with E-state index in [2.05, 4.69) is 10.6 Å². The predicted molar refractivity (Wildman–Crippen MR) is 45.6 cm³/mol. The van der Waals surface area contributed by atoms with Crippen molar-refractivity contribution in [2.45, 2.75) is 6.42 Å². The fourth-order valence-electron chi connectivity index (χ4n) is 0.446. The number of urea groups is 1. The Balaban J connectivity index is 3.44. The van der Waals surface area contributed by atoms with Gasteiger partial charge in [0.25, 0.3) is 0 Å². The minimum absolute atomic E-state index is 0.237. The van der Waals surface area contributed by atoms with Gasteiger partial charge in [0.1, 0.15) is 0 Å². The van der Waals surface area contributed by atoms with Crippen LogP contribution in [0.5, 0.6) is 0 Å². The first kappa shape index (κ1) is 10.3. The van der Waals surface area contributed by atoms with E-state index in [1.54, 1.807) is 11.8 Å². The summed E-state index contributed by atoms with van der Waals surface area (Å²) < 4.78 is 0. The van der Waals surface area contributed by atoms with Crippen LogP contribution in [0.4, 0.5) is 4.79 Å². The summed E-state index contributed by atoms with van der Waals surface area (Å²) in [6.45, 7) is 0. The van der Waals surface area contributed by atoms with Gasteiger partial charge in [0.05, 0.1) is 0 Å². The second-order valence-corrected chi connectivity index (χ2v) is 2.86. The molecule has 0 spiro atoms. The van der Waals surface area contributed by atoms with Gasteiger partial charge in [-0.05, 0) is 6.26 Å². The van der Waals surface area contributed by atoms with Gasteiger partial charge in [-0.3, -0.25) is 10.1 Å². The standard InChI is InChI=1S/C6H12N2O2S/c1-7-6(10)8-5(9)3-4-11-2/h3-4H2,1-2H3,(H2,7,8,9,10). The Kier molecular flexibility index (Phi) is 5.64. The van der Waals surface area contributed by atoms with E-state index in [-0.39, 0.29) is 5.91 Å². The lowest BCUT2D eigenvalue weighted by molar-refractivity contribution is -0.119. The average Bonchev–Trinajstić information content (AvgIpc) is 2.00. The van der Waals surface area contributed by atoms with Gasteiger partial charge in [0.15, 0.2) is 0 Å². The van der Waals surface area contributed by atoms with Crippen LogP contribution in [0.2, 0.25) is 0 Å². The number of rotatable bonds is 3. The van der Waals surface area contributed by atoms with E-state index >= 15 is 0 Å². The largest absolute Gasteiger partial charge is 0.341 e. The van der Waals surface area contributed by atoms with Gasteiger partial charge >= 0.3 is 6.03 Å². The van der Waals surface area contributed by atoms with Gasteiger partial charge < -0.3 is 5.32 Å². The molecule has 0 fully saturated rings. The SMILES string of the molecule is CNC(=O)NC(=O)CCSC. The molecule has 0 rings (SSSR count). The Bertz CT molecular complexity index is 150. The molecule has 0 aromatic heterocycles. The molecule has 0 heterocycles. The van der Waals surface area contributed by atoms with Crippen LogP contribution >= 0.6 is 11.8 Å². The molecule has 0 saturated carbocycles. The summed E-state index contributed by atoms with van der Waals surface area (Å²) >= 11 is 1.57. The molecule has 0 saturated heterocycles. The minimum atomic E-state index is -0.448. The van der Waals surface area contributed by atoms with Crippen LogP contribution < -0.4 is 10.6 Å². The van der Waals surface area contributed by atoms with Crippen LogP contribution in [0.15, 0.2) is 0 Å². The molecule has 3 amide bonds. The molecule has 0 aliphatic rings. The van der Waals surface area contributed by atoms with Crippen molar-refractivity contribution < 1.29 is 9.59 Å². The van der Waals surface area contributed by atoms with Gasteiger partial charge in [0.2, 0.25) is 5.91 Å². The summed E-state index contributed by atoms with van der Waals surface area (Å²) in [5.74, 6) is 0.502. The van der Waals surface area contributed by atoms with Crippen LogP contribution in [0.1, 0.15) is 6.42 Å². The van der Waals surface area contributed by atoms with E-state index in [1.165, 1.54) is 7.05 Å². The fraction of sp³-hybridized carbons (Fsp3) is 0.667. The lowest BCUT2D eigenvalue weighted by atomic mass is 10.4. The first-order chi connectivity index (χ1) is 5.20. The summed E-state index contributed by atoms with van der Waals surface area (Å²) in [6, 6.07) is -0.448. The van der Waals surface area contributed by atoms with Crippen molar-refractivity contribution in [1.29, 1.82) is 0 Å². The van der Waals surface area contributed by atoms with E-state index in [0.29, 0.717) is 6.42 Å². The molecule has 4 nitrogen and oxygen atoms in total. The number of amides is 3. The molecule has 0 aliphatic carbocycles. The maximum absolute atomic E-state index is 10.8. The van der Waals surface area contributed by atoms with Crippen molar-refractivity contribution >= 4 is 23.7 Å². The van der Waals surface area contributed by atoms with Crippen LogP contribution in [0, 0.1) is 0 Å². The third-order valence-electron chi connectivity index (χ3n) is 1.01. The third-order valence-corrected chi connectivity index (χ3v) is 1.63. The van der Waals surface area contributed by atoms with Gasteiger partial charge in [-0.2, -0.15) is 11.8 Å². The monoisotopic (exact) mass is 176 g/mol. The number of imide groups is 1. The molecule has 0 aliphatic heterocycles. The highest BCUT2D eigenvalue weighted by atomic mass is 32.2.